The van der Waals surface area contributed by atoms with Crippen molar-refractivity contribution in [2.45, 2.75) is 39.2 Å². The average molecular weight is 248 g/mol. The second-order valence-corrected chi connectivity index (χ2v) is 6.74. The van der Waals surface area contributed by atoms with Crippen LogP contribution >= 0.6 is 0 Å². The van der Waals surface area contributed by atoms with E-state index in [0.29, 0.717) is 31.5 Å². The van der Waals surface area contributed by atoms with E-state index in [-0.39, 0.29) is 5.75 Å². The Balaban J connectivity index is 2.63. The molecule has 16 heavy (non-hydrogen) atoms. The van der Waals surface area contributed by atoms with Gasteiger partial charge >= 0.3 is 0 Å². The summed E-state index contributed by atoms with van der Waals surface area (Å²) >= 11 is 0. The van der Waals surface area contributed by atoms with E-state index in [9.17, 15) is 8.42 Å². The molecular weight excluding hydrogens is 224 g/mol. The van der Waals surface area contributed by atoms with Crippen LogP contribution in [0, 0.1) is 5.92 Å². The van der Waals surface area contributed by atoms with Crippen LogP contribution in [0.25, 0.3) is 0 Å². The third kappa shape index (κ3) is 3.43. The van der Waals surface area contributed by atoms with Crippen molar-refractivity contribution in [1.29, 1.82) is 0 Å². The first-order valence-electron chi connectivity index (χ1n) is 6.16. The first-order valence-corrected chi connectivity index (χ1v) is 7.77. The van der Waals surface area contributed by atoms with E-state index >= 15 is 0 Å². The topological polar surface area (TPSA) is 49.4 Å². The van der Waals surface area contributed by atoms with Gasteiger partial charge in [0.1, 0.15) is 0 Å². The lowest BCUT2D eigenvalue weighted by molar-refractivity contribution is 0.229. The minimum atomic E-state index is -3.00. The number of nitrogens with zero attached hydrogens (tertiary/aromatic N) is 1. The second kappa shape index (κ2) is 5.98. The Kier molecular flexibility index (Phi) is 5.21. The Hall–Kier alpha value is -0.130. The van der Waals surface area contributed by atoms with Crippen molar-refractivity contribution in [3.05, 3.63) is 0 Å². The predicted molar refractivity (Wildman–Crippen MR) is 66.9 cm³/mol. The molecule has 4 nitrogen and oxygen atoms in total. The van der Waals surface area contributed by atoms with Gasteiger partial charge in [-0.2, -0.15) is 0 Å². The lowest BCUT2D eigenvalue weighted by Crippen LogP contribution is -2.46. The van der Waals surface area contributed by atoms with Gasteiger partial charge in [0, 0.05) is 19.1 Å². The normalized spacial score (nSPS) is 25.6. The summed E-state index contributed by atoms with van der Waals surface area (Å²) in [5.41, 5.74) is 0. The van der Waals surface area contributed by atoms with E-state index < -0.39 is 10.0 Å². The Morgan fingerprint density at radius 2 is 2.19 bits per heavy atom. The van der Waals surface area contributed by atoms with Crippen molar-refractivity contribution in [3.63, 3.8) is 0 Å². The van der Waals surface area contributed by atoms with Gasteiger partial charge in [0.05, 0.1) is 5.75 Å². The number of rotatable bonds is 5. The Bertz CT molecular complexity index is 303. The van der Waals surface area contributed by atoms with Gasteiger partial charge in [-0.1, -0.05) is 6.92 Å². The van der Waals surface area contributed by atoms with Gasteiger partial charge in [-0.3, -0.25) is 0 Å². The summed E-state index contributed by atoms with van der Waals surface area (Å²) in [5.74, 6) is 0.735. The van der Waals surface area contributed by atoms with E-state index in [1.54, 1.807) is 4.31 Å². The molecule has 0 saturated carbocycles. The van der Waals surface area contributed by atoms with Gasteiger partial charge in [0.2, 0.25) is 10.0 Å². The zero-order valence-electron chi connectivity index (χ0n) is 10.6. The summed E-state index contributed by atoms with van der Waals surface area (Å²) in [5, 5.41) is 3.22. The van der Waals surface area contributed by atoms with Gasteiger partial charge in [-0.25, -0.2) is 12.7 Å². The van der Waals surface area contributed by atoms with Crippen LogP contribution in [-0.4, -0.2) is 44.7 Å². The minimum Gasteiger partial charge on any atom is -0.317 e. The quantitative estimate of drug-likeness (QED) is 0.791. The van der Waals surface area contributed by atoms with E-state index in [2.05, 4.69) is 12.2 Å². The van der Waals surface area contributed by atoms with Gasteiger partial charge in [0.15, 0.2) is 0 Å². The maximum absolute atomic E-state index is 11.9. The van der Waals surface area contributed by atoms with Crippen LogP contribution in [0.15, 0.2) is 0 Å². The Morgan fingerprint density at radius 3 is 2.75 bits per heavy atom. The molecule has 0 aromatic heterocycles. The summed E-state index contributed by atoms with van der Waals surface area (Å²) in [4.78, 5) is 0. The van der Waals surface area contributed by atoms with E-state index in [1.807, 2.05) is 14.0 Å². The second-order valence-electron chi connectivity index (χ2n) is 4.65. The highest BCUT2D eigenvalue weighted by Crippen LogP contribution is 2.22. The van der Waals surface area contributed by atoms with E-state index in [4.69, 9.17) is 0 Å². The van der Waals surface area contributed by atoms with Gasteiger partial charge in [-0.15, -0.1) is 0 Å². The average Bonchev–Trinajstić information content (AvgIpc) is 2.28. The fraction of sp³-hybridized carbons (Fsp3) is 1.00. The zero-order valence-corrected chi connectivity index (χ0v) is 11.4. The molecule has 1 N–H and O–H groups in total. The van der Waals surface area contributed by atoms with E-state index in [0.717, 1.165) is 12.8 Å². The molecule has 1 aliphatic heterocycles. The SMILES string of the molecule is CCCS(=O)(=O)N1CCCC(C(C)NC)C1. The Labute approximate surface area is 99.5 Å². The maximum Gasteiger partial charge on any atom is 0.214 e. The lowest BCUT2D eigenvalue weighted by Gasteiger charge is -2.34. The van der Waals surface area contributed by atoms with Crippen LogP contribution in [0.1, 0.15) is 33.1 Å². The van der Waals surface area contributed by atoms with Crippen molar-refractivity contribution in [3.8, 4) is 0 Å². The summed E-state index contributed by atoms with van der Waals surface area (Å²) in [6.07, 6.45) is 2.81. The number of piperidine rings is 1. The molecule has 0 radical (unpaired) electrons. The third-order valence-corrected chi connectivity index (χ3v) is 5.48. The molecule has 0 spiro atoms. The molecule has 1 heterocycles. The van der Waals surface area contributed by atoms with Crippen LogP contribution in [0.2, 0.25) is 0 Å². The molecule has 0 aromatic rings. The van der Waals surface area contributed by atoms with Crippen LogP contribution in [0.5, 0.6) is 0 Å². The first-order chi connectivity index (χ1) is 7.51. The number of sulfonamides is 1. The maximum atomic E-state index is 11.9. The van der Waals surface area contributed by atoms with Crippen molar-refractivity contribution < 1.29 is 8.42 Å². The smallest absolute Gasteiger partial charge is 0.214 e. The zero-order chi connectivity index (χ0) is 12.2. The molecule has 96 valence electrons. The molecule has 0 amide bonds. The highest BCUT2D eigenvalue weighted by molar-refractivity contribution is 7.89. The van der Waals surface area contributed by atoms with Crippen LogP contribution in [-0.2, 0) is 10.0 Å². The first kappa shape index (κ1) is 13.9. The number of hydrogen-bond donors (Lipinski definition) is 1. The van der Waals surface area contributed by atoms with Gasteiger partial charge in [0.25, 0.3) is 0 Å². The molecule has 1 saturated heterocycles. The van der Waals surface area contributed by atoms with Gasteiger partial charge in [-0.05, 0) is 39.2 Å². The molecule has 5 heteroatoms. The van der Waals surface area contributed by atoms with Crippen molar-refractivity contribution in [1.82, 2.24) is 9.62 Å². The highest BCUT2D eigenvalue weighted by atomic mass is 32.2. The van der Waals surface area contributed by atoms with E-state index in [1.165, 1.54) is 0 Å². The summed E-state index contributed by atoms with van der Waals surface area (Å²) in [6, 6.07) is 0.389. The molecular formula is C11H24N2O2S. The van der Waals surface area contributed by atoms with Crippen molar-refractivity contribution in [2.24, 2.45) is 5.92 Å². The van der Waals surface area contributed by atoms with Crippen molar-refractivity contribution in [2.75, 3.05) is 25.9 Å². The molecule has 1 fully saturated rings. The molecule has 0 aromatic carbocycles. The summed E-state index contributed by atoms with van der Waals surface area (Å²) in [6.45, 7) is 5.43. The third-order valence-electron chi connectivity index (χ3n) is 3.44. The minimum absolute atomic E-state index is 0.285. The molecule has 2 atom stereocenters. The molecule has 1 rings (SSSR count). The highest BCUT2D eigenvalue weighted by Gasteiger charge is 2.30. The molecule has 1 aliphatic rings. The predicted octanol–water partition coefficient (Wildman–Crippen LogP) is 1.05. The number of nitrogens with one attached hydrogen (secondary N) is 1. The summed E-state index contributed by atoms with van der Waals surface area (Å²) in [7, 11) is -1.07. The molecule has 0 aliphatic carbocycles. The standard InChI is InChI=1S/C11H24N2O2S/c1-4-8-16(14,15)13-7-5-6-11(9-13)10(2)12-3/h10-12H,4-9H2,1-3H3. The lowest BCUT2D eigenvalue weighted by atomic mass is 9.93. The fourth-order valence-corrected chi connectivity index (χ4v) is 3.86. The Morgan fingerprint density at radius 1 is 1.50 bits per heavy atom. The van der Waals surface area contributed by atoms with Crippen LogP contribution in [0.4, 0.5) is 0 Å². The number of hydrogen-bond acceptors (Lipinski definition) is 3. The van der Waals surface area contributed by atoms with Crippen LogP contribution in [0.3, 0.4) is 0 Å². The van der Waals surface area contributed by atoms with Crippen molar-refractivity contribution >= 4 is 10.0 Å². The van der Waals surface area contributed by atoms with Gasteiger partial charge < -0.3 is 5.32 Å². The largest absolute Gasteiger partial charge is 0.317 e. The molecule has 2 unspecified atom stereocenters. The monoisotopic (exact) mass is 248 g/mol. The summed E-state index contributed by atoms with van der Waals surface area (Å²) < 4.78 is 25.6. The fourth-order valence-electron chi connectivity index (χ4n) is 2.26. The molecule has 0 bridgehead atoms. The van der Waals surface area contributed by atoms with Crippen LogP contribution < -0.4 is 5.32 Å².